The molecule has 2 amide bonds. The van der Waals surface area contributed by atoms with Gasteiger partial charge in [-0.1, -0.05) is 12.1 Å². The summed E-state index contributed by atoms with van der Waals surface area (Å²) in [4.78, 5) is 28.4. The smallest absolute Gasteiger partial charge is 0.410 e. The maximum Gasteiger partial charge on any atom is 0.410 e. The molecule has 1 saturated heterocycles. The maximum absolute atomic E-state index is 12.7. The number of likely N-dealkylation sites (tertiary alicyclic amines) is 1. The van der Waals surface area contributed by atoms with Gasteiger partial charge in [0.2, 0.25) is 5.91 Å². The SMILES string of the molecule is CN(CC1CCN(C(=O)Cc2ccc(-n3cccn3)cc2)CC1)C(=O)OC(C)(C)C. The zero-order valence-electron chi connectivity index (χ0n) is 18.4. The van der Waals surface area contributed by atoms with Crippen LogP contribution in [-0.4, -0.2) is 63.9 Å². The molecule has 1 fully saturated rings. The number of hydrogen-bond acceptors (Lipinski definition) is 4. The highest BCUT2D eigenvalue weighted by atomic mass is 16.6. The molecule has 3 rings (SSSR count). The van der Waals surface area contributed by atoms with Crippen molar-refractivity contribution in [1.82, 2.24) is 19.6 Å². The van der Waals surface area contributed by atoms with Crippen molar-refractivity contribution in [2.24, 2.45) is 5.92 Å². The topological polar surface area (TPSA) is 67.7 Å². The molecule has 0 N–H and O–H groups in total. The minimum atomic E-state index is -0.488. The van der Waals surface area contributed by atoms with Crippen LogP contribution in [0.15, 0.2) is 42.7 Å². The molecule has 0 spiro atoms. The van der Waals surface area contributed by atoms with Crippen LogP contribution >= 0.6 is 0 Å². The number of hydrogen-bond donors (Lipinski definition) is 0. The van der Waals surface area contributed by atoms with Gasteiger partial charge in [-0.2, -0.15) is 5.10 Å². The number of carbonyl (C=O) groups is 2. The molecule has 1 aromatic heterocycles. The van der Waals surface area contributed by atoms with Crippen molar-refractivity contribution < 1.29 is 14.3 Å². The number of rotatable bonds is 5. The molecule has 0 atom stereocenters. The highest BCUT2D eigenvalue weighted by Gasteiger charge is 2.26. The molecule has 0 unspecified atom stereocenters. The summed E-state index contributed by atoms with van der Waals surface area (Å²) in [5.41, 5.74) is 1.49. The highest BCUT2D eigenvalue weighted by molar-refractivity contribution is 5.79. The Hall–Kier alpha value is -2.83. The summed E-state index contributed by atoms with van der Waals surface area (Å²) in [5, 5.41) is 4.22. The zero-order valence-corrected chi connectivity index (χ0v) is 18.4. The minimum absolute atomic E-state index is 0.154. The van der Waals surface area contributed by atoms with Crippen LogP contribution in [0.25, 0.3) is 5.69 Å². The Morgan fingerprint density at radius 1 is 1.17 bits per heavy atom. The number of nitrogens with zero attached hydrogens (tertiary/aromatic N) is 4. The highest BCUT2D eigenvalue weighted by Crippen LogP contribution is 2.20. The van der Waals surface area contributed by atoms with Crippen LogP contribution in [0.1, 0.15) is 39.2 Å². The number of benzene rings is 1. The average molecular weight is 413 g/mol. The van der Waals surface area contributed by atoms with Gasteiger partial charge >= 0.3 is 6.09 Å². The summed E-state index contributed by atoms with van der Waals surface area (Å²) in [5.74, 6) is 0.542. The van der Waals surface area contributed by atoms with E-state index in [1.54, 1.807) is 22.8 Å². The zero-order chi connectivity index (χ0) is 21.7. The van der Waals surface area contributed by atoms with E-state index < -0.39 is 5.60 Å². The van der Waals surface area contributed by atoms with Gasteiger partial charge in [-0.05, 0) is 63.3 Å². The lowest BCUT2D eigenvalue weighted by molar-refractivity contribution is -0.131. The molecule has 1 aliphatic rings. The van der Waals surface area contributed by atoms with Gasteiger partial charge in [0.25, 0.3) is 0 Å². The summed E-state index contributed by atoms with van der Waals surface area (Å²) < 4.78 is 7.21. The molecule has 2 aromatic rings. The molecule has 7 heteroatoms. The van der Waals surface area contributed by atoms with Crippen LogP contribution < -0.4 is 0 Å². The summed E-state index contributed by atoms with van der Waals surface area (Å²) in [7, 11) is 1.78. The predicted molar refractivity (Wildman–Crippen MR) is 115 cm³/mol. The Morgan fingerprint density at radius 2 is 1.83 bits per heavy atom. The fourth-order valence-electron chi connectivity index (χ4n) is 3.64. The molecule has 1 aliphatic heterocycles. The largest absolute Gasteiger partial charge is 0.444 e. The van der Waals surface area contributed by atoms with E-state index >= 15 is 0 Å². The number of amides is 2. The fraction of sp³-hybridized carbons (Fsp3) is 0.522. The standard InChI is InChI=1S/C23H32N4O3/c1-23(2,3)30-22(29)25(4)17-19-10-14-26(15-11-19)21(28)16-18-6-8-20(9-7-18)27-13-5-12-24-27/h5-9,12-13,19H,10-11,14-17H2,1-4H3. The number of aromatic nitrogens is 2. The van der Waals surface area contributed by atoms with Crippen LogP contribution in [0.3, 0.4) is 0 Å². The van der Waals surface area contributed by atoms with E-state index in [0.29, 0.717) is 18.9 Å². The van der Waals surface area contributed by atoms with E-state index in [1.165, 1.54) is 0 Å². The van der Waals surface area contributed by atoms with Gasteiger partial charge < -0.3 is 14.5 Å². The summed E-state index contributed by atoms with van der Waals surface area (Å²) in [6, 6.07) is 9.81. The molecule has 30 heavy (non-hydrogen) atoms. The second kappa shape index (κ2) is 9.32. The molecule has 0 saturated carbocycles. The van der Waals surface area contributed by atoms with Gasteiger partial charge in [0.1, 0.15) is 5.60 Å². The van der Waals surface area contributed by atoms with Crippen molar-refractivity contribution in [3.63, 3.8) is 0 Å². The number of piperidine rings is 1. The molecule has 1 aromatic carbocycles. The molecule has 0 bridgehead atoms. The quantitative estimate of drug-likeness (QED) is 0.754. The van der Waals surface area contributed by atoms with Gasteiger partial charge in [-0.15, -0.1) is 0 Å². The lowest BCUT2D eigenvalue weighted by Crippen LogP contribution is -2.43. The second-order valence-corrected chi connectivity index (χ2v) is 8.98. The van der Waals surface area contributed by atoms with Crippen LogP contribution in [0.4, 0.5) is 4.79 Å². The molecule has 2 heterocycles. The van der Waals surface area contributed by atoms with Crippen LogP contribution in [0.5, 0.6) is 0 Å². The number of carbonyl (C=O) groups excluding carboxylic acids is 2. The molecular weight excluding hydrogens is 380 g/mol. The Bertz CT molecular complexity index is 832. The van der Waals surface area contributed by atoms with Crippen molar-refractivity contribution >= 4 is 12.0 Å². The monoisotopic (exact) mass is 412 g/mol. The van der Waals surface area contributed by atoms with Gasteiger partial charge in [0, 0.05) is 39.1 Å². The minimum Gasteiger partial charge on any atom is -0.444 e. The van der Waals surface area contributed by atoms with Crippen LogP contribution in [0, 0.1) is 5.92 Å². The summed E-state index contributed by atoms with van der Waals surface area (Å²) in [6.45, 7) is 7.73. The van der Waals surface area contributed by atoms with Gasteiger partial charge in [-0.3, -0.25) is 4.79 Å². The Labute approximate surface area is 178 Å². The molecule has 7 nitrogen and oxygen atoms in total. The van der Waals surface area contributed by atoms with Crippen molar-refractivity contribution in [2.75, 3.05) is 26.7 Å². The first-order valence-electron chi connectivity index (χ1n) is 10.5. The molecular formula is C23H32N4O3. The first-order valence-corrected chi connectivity index (χ1v) is 10.5. The third-order valence-electron chi connectivity index (χ3n) is 5.27. The van der Waals surface area contributed by atoms with Crippen LogP contribution in [0.2, 0.25) is 0 Å². The van der Waals surface area contributed by atoms with Crippen molar-refractivity contribution in [3.05, 3.63) is 48.3 Å². The van der Waals surface area contributed by atoms with Gasteiger partial charge in [0.05, 0.1) is 12.1 Å². The normalized spacial score (nSPS) is 15.1. The van der Waals surface area contributed by atoms with E-state index in [9.17, 15) is 9.59 Å². The Morgan fingerprint density at radius 3 is 2.40 bits per heavy atom. The molecule has 0 aliphatic carbocycles. The first kappa shape index (κ1) is 21.9. The van der Waals surface area contributed by atoms with E-state index in [2.05, 4.69) is 5.10 Å². The third-order valence-corrected chi connectivity index (χ3v) is 5.27. The Balaban J connectivity index is 1.44. The van der Waals surface area contributed by atoms with Crippen molar-refractivity contribution in [2.45, 2.75) is 45.6 Å². The maximum atomic E-state index is 12.7. The van der Waals surface area contributed by atoms with Crippen LogP contribution in [-0.2, 0) is 16.0 Å². The van der Waals surface area contributed by atoms with E-state index in [4.69, 9.17) is 4.74 Å². The van der Waals surface area contributed by atoms with Gasteiger partial charge in [0.15, 0.2) is 0 Å². The fourth-order valence-corrected chi connectivity index (χ4v) is 3.64. The summed E-state index contributed by atoms with van der Waals surface area (Å²) >= 11 is 0. The predicted octanol–water partition coefficient (Wildman–Crippen LogP) is 3.52. The van der Waals surface area contributed by atoms with Gasteiger partial charge in [-0.25, -0.2) is 9.48 Å². The van der Waals surface area contributed by atoms with Crippen molar-refractivity contribution in [3.8, 4) is 5.69 Å². The average Bonchev–Trinajstić information content (AvgIpc) is 3.22. The van der Waals surface area contributed by atoms with E-state index in [0.717, 1.165) is 37.2 Å². The molecule has 0 radical (unpaired) electrons. The lowest BCUT2D eigenvalue weighted by Gasteiger charge is -2.34. The molecule has 162 valence electrons. The van der Waals surface area contributed by atoms with Crippen molar-refractivity contribution in [1.29, 1.82) is 0 Å². The summed E-state index contributed by atoms with van der Waals surface area (Å²) in [6.07, 6.45) is 5.55. The first-order chi connectivity index (χ1) is 14.2. The van der Waals surface area contributed by atoms with E-state index in [1.807, 2.05) is 62.2 Å². The third kappa shape index (κ3) is 6.08. The lowest BCUT2D eigenvalue weighted by atomic mass is 9.96. The number of ether oxygens (including phenoxy) is 1. The second-order valence-electron chi connectivity index (χ2n) is 8.98. The van der Waals surface area contributed by atoms with E-state index in [-0.39, 0.29) is 12.0 Å². The Kier molecular flexibility index (Phi) is 6.80.